The highest BCUT2D eigenvalue weighted by Gasteiger charge is 2.38. The molecule has 3 aromatic rings. The zero-order chi connectivity index (χ0) is 41.8. The van der Waals surface area contributed by atoms with Crippen LogP contribution in [0.5, 0.6) is 0 Å². The Bertz CT molecular complexity index is 2090. The van der Waals surface area contributed by atoms with E-state index in [1.54, 1.807) is 27.8 Å². The number of para-hydroxylation sites is 1. The van der Waals surface area contributed by atoms with E-state index in [9.17, 15) is 28.8 Å². The number of carbonyl (C=O) groups is 5. The summed E-state index contributed by atoms with van der Waals surface area (Å²) in [6.07, 6.45) is 3.45. The molecular weight excluding hydrogens is 759 g/mol. The monoisotopic (exact) mass is 815 g/mol. The molecule has 4 aliphatic rings. The van der Waals surface area contributed by atoms with Crippen molar-refractivity contribution >= 4 is 46.7 Å². The Morgan fingerprint density at radius 1 is 0.864 bits per heavy atom. The molecule has 16 heteroatoms. The van der Waals surface area contributed by atoms with Crippen molar-refractivity contribution in [1.29, 1.82) is 0 Å². The van der Waals surface area contributed by atoms with Crippen molar-refractivity contribution in [3.8, 4) is 0 Å². The van der Waals surface area contributed by atoms with Crippen LogP contribution in [-0.4, -0.2) is 144 Å². The Hall–Kier alpha value is -5.38. The predicted octanol–water partition coefficient (Wildman–Crippen LogP) is 3.62. The minimum absolute atomic E-state index is 0.0374. The van der Waals surface area contributed by atoms with E-state index in [-0.39, 0.29) is 31.0 Å². The van der Waals surface area contributed by atoms with Crippen molar-refractivity contribution in [2.75, 3.05) is 78.4 Å². The third-order valence-electron chi connectivity index (χ3n) is 12.7. The van der Waals surface area contributed by atoms with Crippen molar-refractivity contribution in [2.45, 2.75) is 70.4 Å². The Labute approximate surface area is 344 Å². The number of aromatic nitrogens is 1. The highest BCUT2D eigenvalue weighted by Crippen LogP contribution is 2.33. The van der Waals surface area contributed by atoms with E-state index in [1.165, 1.54) is 4.57 Å². The van der Waals surface area contributed by atoms with Gasteiger partial charge in [0, 0.05) is 77.6 Å². The molecule has 3 saturated heterocycles. The lowest BCUT2D eigenvalue weighted by Gasteiger charge is -2.41. The second kappa shape index (κ2) is 18.3. The zero-order valence-corrected chi connectivity index (χ0v) is 34.7. The fourth-order valence-corrected chi connectivity index (χ4v) is 9.27. The summed E-state index contributed by atoms with van der Waals surface area (Å²) in [5, 5.41) is 3.04. The molecule has 1 atom stereocenters. The number of carbonyl (C=O) groups excluding carboxylic acids is 5. The van der Waals surface area contributed by atoms with Gasteiger partial charge in [-0.3, -0.25) is 14.2 Å². The quantitative estimate of drug-likeness (QED) is 0.249. The van der Waals surface area contributed by atoms with Gasteiger partial charge in [-0.25, -0.2) is 19.2 Å². The number of piperidine rings is 3. The van der Waals surface area contributed by atoms with E-state index in [2.05, 4.69) is 5.32 Å². The van der Waals surface area contributed by atoms with Gasteiger partial charge in [0.05, 0.1) is 5.52 Å². The molecule has 0 aliphatic carbocycles. The molecular formula is C43H57N7O9. The third-order valence-corrected chi connectivity index (χ3v) is 12.7. The molecule has 5 amide bonds. The number of urea groups is 1. The molecule has 16 nitrogen and oxygen atoms in total. The van der Waals surface area contributed by atoms with Gasteiger partial charge in [0.15, 0.2) is 11.7 Å². The van der Waals surface area contributed by atoms with Crippen LogP contribution < -0.4 is 11.1 Å². The van der Waals surface area contributed by atoms with Gasteiger partial charge < -0.3 is 43.7 Å². The number of rotatable bonds is 9. The van der Waals surface area contributed by atoms with Crippen molar-refractivity contribution in [3.63, 3.8) is 0 Å². The summed E-state index contributed by atoms with van der Waals surface area (Å²) in [7, 11) is 5.39. The molecule has 3 fully saturated rings. The van der Waals surface area contributed by atoms with Gasteiger partial charge in [-0.1, -0.05) is 24.3 Å². The minimum atomic E-state index is -1.11. The molecule has 0 spiro atoms. The fourth-order valence-electron chi connectivity index (χ4n) is 9.27. The van der Waals surface area contributed by atoms with Gasteiger partial charge in [0.2, 0.25) is 0 Å². The van der Waals surface area contributed by atoms with E-state index in [1.807, 2.05) is 61.2 Å². The van der Waals surface area contributed by atoms with Crippen LogP contribution in [0.4, 0.5) is 15.3 Å². The molecule has 59 heavy (non-hydrogen) atoms. The number of likely N-dealkylation sites (tertiary alicyclic amines) is 3. The van der Waals surface area contributed by atoms with Crippen molar-refractivity contribution in [1.82, 2.24) is 29.1 Å². The number of hydrogen-bond donors (Lipinski definition) is 1. The number of amides is 5. The maximum absolute atomic E-state index is 14.3. The number of esters is 1. The fraction of sp³-hybridized carbons (Fsp3) is 0.581. The second-order valence-electron chi connectivity index (χ2n) is 16.7. The predicted molar refractivity (Wildman–Crippen MR) is 219 cm³/mol. The third kappa shape index (κ3) is 9.58. The molecule has 1 N–H and O–H groups in total. The zero-order valence-electron chi connectivity index (χ0n) is 34.7. The first-order chi connectivity index (χ1) is 28.4. The molecule has 0 saturated carbocycles. The van der Waals surface area contributed by atoms with Crippen LogP contribution >= 0.6 is 0 Å². The van der Waals surface area contributed by atoms with E-state index in [0.29, 0.717) is 93.7 Å². The van der Waals surface area contributed by atoms with Crippen LogP contribution in [0.2, 0.25) is 0 Å². The SMILES string of the molecule is Cc1cc(C[C@@H](OC(=O)N2CCC(N3CCc4ccccc4NC3=O)CC2)C(=O)N2CCC(C3CCN(C(=O)C(=O)OCCN(C)C)CC3)CC2)cc2oc(=O)n(C)c12. The first-order valence-electron chi connectivity index (χ1n) is 21.0. The molecule has 2 aromatic carbocycles. The number of likely N-dealkylation sites (N-methyl/N-ethyl adjacent to an activating group) is 1. The first-order valence-corrected chi connectivity index (χ1v) is 21.0. The van der Waals surface area contributed by atoms with Crippen LogP contribution in [0.25, 0.3) is 11.1 Å². The molecule has 7 rings (SSSR count). The van der Waals surface area contributed by atoms with Crippen molar-refractivity contribution in [3.05, 3.63) is 63.6 Å². The molecule has 318 valence electrons. The topological polar surface area (TPSA) is 167 Å². The lowest BCUT2D eigenvalue weighted by Crippen LogP contribution is -2.52. The number of aryl methyl sites for hydroxylation is 2. The maximum atomic E-state index is 14.3. The molecule has 1 aromatic heterocycles. The summed E-state index contributed by atoms with van der Waals surface area (Å²) in [6.45, 7) is 5.94. The highest BCUT2D eigenvalue weighted by molar-refractivity contribution is 6.32. The Kier molecular flexibility index (Phi) is 12.9. The van der Waals surface area contributed by atoms with E-state index >= 15 is 0 Å². The number of benzene rings is 2. The van der Waals surface area contributed by atoms with Gasteiger partial charge in [0.25, 0.3) is 5.91 Å². The van der Waals surface area contributed by atoms with Crippen LogP contribution in [0.1, 0.15) is 55.2 Å². The van der Waals surface area contributed by atoms with Gasteiger partial charge in [-0.15, -0.1) is 0 Å². The number of nitrogens with one attached hydrogen (secondary N) is 1. The maximum Gasteiger partial charge on any atom is 0.419 e. The van der Waals surface area contributed by atoms with Crippen LogP contribution in [-0.2, 0) is 43.7 Å². The number of anilines is 1. The smallest absolute Gasteiger partial charge is 0.419 e. The molecule has 0 unspecified atom stereocenters. The molecule has 5 heterocycles. The molecule has 0 bridgehead atoms. The normalized spacial score (nSPS) is 19.0. The number of ether oxygens (including phenoxy) is 2. The molecule has 0 radical (unpaired) electrons. The standard InChI is InChI=1S/C43H57N7O9/c1-28-25-29(26-35-37(28)46(4)42(55)58-35)27-36(59-43(56)49-20-14-33(15-21-49)50-22-13-32-7-5-6-8-34(32)44-41(50)54)38(51)47-16-9-30(10-17-47)31-11-18-48(19-12-31)39(52)40(53)57-24-23-45(2)3/h5-8,25-26,30-31,33,36H,9-24,27H2,1-4H3,(H,44,54)/t36-/m1/s1. The van der Waals surface area contributed by atoms with Gasteiger partial charge in [-0.2, -0.15) is 0 Å². The van der Waals surface area contributed by atoms with E-state index in [4.69, 9.17) is 13.9 Å². The van der Waals surface area contributed by atoms with Gasteiger partial charge >= 0.3 is 29.8 Å². The van der Waals surface area contributed by atoms with Crippen LogP contribution in [0.15, 0.2) is 45.6 Å². The average Bonchev–Trinajstić information content (AvgIpc) is 3.41. The summed E-state index contributed by atoms with van der Waals surface area (Å²) >= 11 is 0. The van der Waals surface area contributed by atoms with Gasteiger partial charge in [0.1, 0.15) is 6.61 Å². The lowest BCUT2D eigenvalue weighted by molar-refractivity contribution is -0.161. The number of nitrogens with zero attached hydrogens (tertiary/aromatic N) is 6. The summed E-state index contributed by atoms with van der Waals surface area (Å²) in [5.74, 6) is -1.43. The summed E-state index contributed by atoms with van der Waals surface area (Å²) in [4.78, 5) is 87.5. The summed E-state index contributed by atoms with van der Waals surface area (Å²) in [5.41, 5.74) is 4.51. The second-order valence-corrected chi connectivity index (χ2v) is 16.7. The number of hydrogen-bond acceptors (Lipinski definition) is 10. The summed E-state index contributed by atoms with van der Waals surface area (Å²) < 4.78 is 18.2. The highest BCUT2D eigenvalue weighted by atomic mass is 16.6. The van der Waals surface area contributed by atoms with Gasteiger partial charge in [-0.05, 0) is 107 Å². The van der Waals surface area contributed by atoms with Crippen molar-refractivity contribution < 1.29 is 37.9 Å². The van der Waals surface area contributed by atoms with E-state index < -0.39 is 29.8 Å². The Morgan fingerprint density at radius 3 is 2.19 bits per heavy atom. The summed E-state index contributed by atoms with van der Waals surface area (Å²) in [6, 6.07) is 11.3. The number of oxazole rings is 1. The largest absolute Gasteiger partial charge is 0.457 e. The number of fused-ring (bicyclic) bond motifs is 2. The molecule has 4 aliphatic heterocycles. The van der Waals surface area contributed by atoms with Crippen LogP contribution in [0.3, 0.4) is 0 Å². The Morgan fingerprint density at radius 2 is 1.51 bits per heavy atom. The van der Waals surface area contributed by atoms with Crippen LogP contribution in [0, 0.1) is 18.8 Å². The Balaban J connectivity index is 0.964. The average molecular weight is 816 g/mol. The minimum Gasteiger partial charge on any atom is -0.457 e. The lowest BCUT2D eigenvalue weighted by atomic mass is 9.78. The van der Waals surface area contributed by atoms with E-state index in [0.717, 1.165) is 48.9 Å². The van der Waals surface area contributed by atoms with Crippen molar-refractivity contribution in [2.24, 2.45) is 18.9 Å². The first kappa shape index (κ1) is 41.8.